The van der Waals surface area contributed by atoms with Crippen molar-refractivity contribution in [3.63, 3.8) is 0 Å². The molecule has 0 fully saturated rings. The average molecular weight is 302 g/mol. The molecule has 2 aromatic rings. The van der Waals surface area contributed by atoms with Crippen LogP contribution >= 0.6 is 0 Å². The minimum Gasteiger partial charge on any atom is -0.478 e. The first-order chi connectivity index (χ1) is 10.5. The summed E-state index contributed by atoms with van der Waals surface area (Å²) >= 11 is 0. The number of rotatable bonds is 8. The number of nitrogens with zero attached hydrogens (tertiary/aromatic N) is 2. The molecular weight excluding hydrogens is 280 g/mol. The van der Waals surface area contributed by atoms with Gasteiger partial charge in [-0.1, -0.05) is 12.1 Å². The molecule has 0 saturated carbocycles. The van der Waals surface area contributed by atoms with Crippen molar-refractivity contribution in [3.8, 4) is 0 Å². The van der Waals surface area contributed by atoms with E-state index in [1.165, 1.54) is 0 Å². The van der Waals surface area contributed by atoms with Crippen molar-refractivity contribution in [3.05, 3.63) is 59.5 Å². The number of hydrogen-bond donors (Lipinski definition) is 1. The van der Waals surface area contributed by atoms with Crippen LogP contribution in [0.5, 0.6) is 0 Å². The second kappa shape index (κ2) is 7.77. The monoisotopic (exact) mass is 302 g/mol. The molecule has 5 heteroatoms. The molecule has 1 aromatic carbocycles. The maximum Gasteiger partial charge on any atom is 0.335 e. The molecule has 2 rings (SSSR count). The summed E-state index contributed by atoms with van der Waals surface area (Å²) in [6.45, 7) is 3.36. The Labute approximate surface area is 130 Å². The molecule has 0 radical (unpaired) electrons. The standard InChI is InChI=1S/C17H22N2O3/c1-18(2)9-10-19(13-16-4-3-11-22-16)12-14-5-7-15(8-6-14)17(20)21/h3-8,11H,9-10,12-13H2,1-2H3,(H,20,21). The third kappa shape index (κ3) is 5.02. The van der Waals surface area contributed by atoms with Gasteiger partial charge in [-0.05, 0) is 43.9 Å². The van der Waals surface area contributed by atoms with Gasteiger partial charge in [-0.15, -0.1) is 0 Å². The lowest BCUT2D eigenvalue weighted by molar-refractivity contribution is 0.0697. The van der Waals surface area contributed by atoms with Crippen molar-refractivity contribution in [1.82, 2.24) is 9.80 Å². The Morgan fingerprint density at radius 1 is 1.09 bits per heavy atom. The van der Waals surface area contributed by atoms with Crippen molar-refractivity contribution in [2.24, 2.45) is 0 Å². The van der Waals surface area contributed by atoms with Crippen LogP contribution < -0.4 is 0 Å². The normalized spacial score (nSPS) is 11.3. The van der Waals surface area contributed by atoms with E-state index in [1.807, 2.05) is 38.4 Å². The number of likely N-dealkylation sites (N-methyl/N-ethyl adjacent to an activating group) is 1. The highest BCUT2D eigenvalue weighted by atomic mass is 16.4. The summed E-state index contributed by atoms with van der Waals surface area (Å²) in [6, 6.07) is 10.9. The topological polar surface area (TPSA) is 56.9 Å². The molecule has 0 atom stereocenters. The first-order valence-corrected chi connectivity index (χ1v) is 7.26. The highest BCUT2D eigenvalue weighted by Gasteiger charge is 2.10. The van der Waals surface area contributed by atoms with Crippen molar-refractivity contribution >= 4 is 5.97 Å². The second-order valence-corrected chi connectivity index (χ2v) is 5.60. The first kappa shape index (κ1) is 16.3. The molecule has 1 heterocycles. The number of furan rings is 1. The molecule has 0 amide bonds. The van der Waals surface area contributed by atoms with Crippen LogP contribution in [0.4, 0.5) is 0 Å². The predicted molar refractivity (Wildman–Crippen MR) is 84.8 cm³/mol. The van der Waals surface area contributed by atoms with Gasteiger partial charge in [0.1, 0.15) is 5.76 Å². The summed E-state index contributed by atoms with van der Waals surface area (Å²) in [5, 5.41) is 8.95. The molecule has 0 aliphatic carbocycles. The quantitative estimate of drug-likeness (QED) is 0.812. The summed E-state index contributed by atoms with van der Waals surface area (Å²) in [7, 11) is 4.10. The van der Waals surface area contributed by atoms with Crippen LogP contribution in [0.25, 0.3) is 0 Å². The van der Waals surface area contributed by atoms with Crippen molar-refractivity contribution in [2.75, 3.05) is 27.2 Å². The number of benzene rings is 1. The third-order valence-electron chi connectivity index (χ3n) is 3.43. The van der Waals surface area contributed by atoms with Gasteiger partial charge in [0.05, 0.1) is 18.4 Å². The Kier molecular flexibility index (Phi) is 5.75. The van der Waals surface area contributed by atoms with Gasteiger partial charge in [0, 0.05) is 19.6 Å². The molecule has 22 heavy (non-hydrogen) atoms. The summed E-state index contributed by atoms with van der Waals surface area (Å²) in [5.74, 6) is 0.0347. The summed E-state index contributed by atoms with van der Waals surface area (Å²) in [5.41, 5.74) is 1.41. The van der Waals surface area contributed by atoms with Gasteiger partial charge in [0.25, 0.3) is 0 Å². The molecule has 1 aromatic heterocycles. The summed E-state index contributed by atoms with van der Waals surface area (Å²) < 4.78 is 5.43. The Morgan fingerprint density at radius 2 is 1.82 bits per heavy atom. The average Bonchev–Trinajstić information content (AvgIpc) is 2.98. The Morgan fingerprint density at radius 3 is 2.36 bits per heavy atom. The smallest absolute Gasteiger partial charge is 0.335 e. The minimum atomic E-state index is -0.897. The zero-order chi connectivity index (χ0) is 15.9. The second-order valence-electron chi connectivity index (χ2n) is 5.60. The largest absolute Gasteiger partial charge is 0.478 e. The van der Waals surface area contributed by atoms with Gasteiger partial charge in [-0.3, -0.25) is 4.90 Å². The van der Waals surface area contributed by atoms with Crippen LogP contribution in [0, 0.1) is 0 Å². The Balaban J connectivity index is 2.02. The van der Waals surface area contributed by atoms with Crippen LogP contribution in [0.3, 0.4) is 0 Å². The number of carboxylic acids is 1. The molecule has 118 valence electrons. The van der Waals surface area contributed by atoms with Gasteiger partial charge in [0.2, 0.25) is 0 Å². The van der Waals surface area contributed by atoms with E-state index in [0.717, 1.165) is 37.5 Å². The molecule has 0 bridgehead atoms. The molecule has 5 nitrogen and oxygen atoms in total. The maximum absolute atomic E-state index is 10.9. The number of hydrogen-bond acceptors (Lipinski definition) is 4. The molecular formula is C17H22N2O3. The van der Waals surface area contributed by atoms with Crippen molar-refractivity contribution < 1.29 is 14.3 Å². The van der Waals surface area contributed by atoms with Crippen LogP contribution in [0.2, 0.25) is 0 Å². The van der Waals surface area contributed by atoms with E-state index in [-0.39, 0.29) is 0 Å². The molecule has 0 spiro atoms. The van der Waals surface area contributed by atoms with E-state index in [0.29, 0.717) is 5.56 Å². The van der Waals surface area contributed by atoms with Crippen molar-refractivity contribution in [1.29, 1.82) is 0 Å². The van der Waals surface area contributed by atoms with Crippen LogP contribution in [0.1, 0.15) is 21.7 Å². The molecule has 0 saturated heterocycles. The van der Waals surface area contributed by atoms with E-state index in [4.69, 9.17) is 9.52 Å². The maximum atomic E-state index is 10.9. The summed E-state index contributed by atoms with van der Waals surface area (Å²) in [6.07, 6.45) is 1.68. The predicted octanol–water partition coefficient (Wildman–Crippen LogP) is 2.54. The third-order valence-corrected chi connectivity index (χ3v) is 3.43. The van der Waals surface area contributed by atoms with Crippen LogP contribution in [0.15, 0.2) is 47.1 Å². The molecule has 0 unspecified atom stereocenters. The van der Waals surface area contributed by atoms with E-state index in [9.17, 15) is 4.79 Å². The lowest BCUT2D eigenvalue weighted by atomic mass is 10.1. The fraction of sp³-hybridized carbons (Fsp3) is 0.353. The van der Waals surface area contributed by atoms with E-state index >= 15 is 0 Å². The van der Waals surface area contributed by atoms with Gasteiger partial charge in [-0.25, -0.2) is 4.79 Å². The lowest BCUT2D eigenvalue weighted by Crippen LogP contribution is -2.31. The number of aromatic carboxylic acids is 1. The highest BCUT2D eigenvalue weighted by Crippen LogP contribution is 2.12. The van der Waals surface area contributed by atoms with Gasteiger partial charge >= 0.3 is 5.97 Å². The van der Waals surface area contributed by atoms with Gasteiger partial charge in [-0.2, -0.15) is 0 Å². The molecule has 0 aliphatic rings. The van der Waals surface area contributed by atoms with E-state index in [1.54, 1.807) is 18.4 Å². The van der Waals surface area contributed by atoms with Crippen molar-refractivity contribution in [2.45, 2.75) is 13.1 Å². The van der Waals surface area contributed by atoms with E-state index < -0.39 is 5.97 Å². The van der Waals surface area contributed by atoms with E-state index in [2.05, 4.69) is 9.80 Å². The molecule has 1 N–H and O–H groups in total. The van der Waals surface area contributed by atoms with Crippen LogP contribution in [-0.2, 0) is 13.1 Å². The SMILES string of the molecule is CN(C)CCN(Cc1ccc(C(=O)O)cc1)Cc1ccco1. The number of carboxylic acid groups (broad SMARTS) is 1. The first-order valence-electron chi connectivity index (χ1n) is 7.26. The van der Waals surface area contributed by atoms with Crippen LogP contribution in [-0.4, -0.2) is 48.1 Å². The Bertz CT molecular complexity index is 576. The summed E-state index contributed by atoms with van der Waals surface area (Å²) in [4.78, 5) is 15.3. The zero-order valence-electron chi connectivity index (χ0n) is 13.0. The number of carbonyl (C=O) groups is 1. The fourth-order valence-electron chi connectivity index (χ4n) is 2.19. The minimum absolute atomic E-state index is 0.314. The Hall–Kier alpha value is -2.11. The lowest BCUT2D eigenvalue weighted by Gasteiger charge is -2.23. The highest BCUT2D eigenvalue weighted by molar-refractivity contribution is 5.87. The molecule has 0 aliphatic heterocycles. The van der Waals surface area contributed by atoms with Gasteiger partial charge < -0.3 is 14.4 Å². The van der Waals surface area contributed by atoms with Gasteiger partial charge in [0.15, 0.2) is 0 Å². The zero-order valence-corrected chi connectivity index (χ0v) is 13.0. The fourth-order valence-corrected chi connectivity index (χ4v) is 2.19.